The largest absolute Gasteiger partial charge is 0.497 e. The molecule has 0 aliphatic carbocycles. The van der Waals surface area contributed by atoms with Crippen LogP contribution in [0.4, 0.5) is 0 Å². The Morgan fingerprint density at radius 3 is 2.83 bits per heavy atom. The number of likely N-dealkylation sites (N-methyl/N-ethyl adjacent to an activating group) is 1. The molecule has 154 valence electrons. The van der Waals surface area contributed by atoms with Crippen molar-refractivity contribution >= 4 is 5.91 Å². The summed E-state index contributed by atoms with van der Waals surface area (Å²) in [4.78, 5) is 26.6. The van der Waals surface area contributed by atoms with Crippen molar-refractivity contribution < 1.29 is 14.3 Å². The van der Waals surface area contributed by atoms with Crippen LogP contribution in [0.25, 0.3) is 0 Å². The van der Waals surface area contributed by atoms with E-state index in [-0.39, 0.29) is 12.3 Å². The maximum absolute atomic E-state index is 12.9. The van der Waals surface area contributed by atoms with E-state index < -0.39 is 0 Å². The molecule has 1 fully saturated rings. The first-order chi connectivity index (χ1) is 14.1. The van der Waals surface area contributed by atoms with Crippen molar-refractivity contribution in [3.8, 4) is 11.5 Å². The van der Waals surface area contributed by atoms with Crippen molar-refractivity contribution in [2.75, 3.05) is 40.9 Å². The third-order valence-corrected chi connectivity index (χ3v) is 5.89. The highest BCUT2D eigenvalue weighted by Crippen LogP contribution is 2.27. The van der Waals surface area contributed by atoms with Crippen LogP contribution in [0.15, 0.2) is 24.4 Å². The summed E-state index contributed by atoms with van der Waals surface area (Å²) in [6.07, 6.45) is 4.08. The second-order valence-electron chi connectivity index (χ2n) is 7.87. The Bertz CT molecular complexity index is 902. The number of carbonyl (C=O) groups excluding carboxylic acids is 1. The SMILES string of the molecule is COc1ccc(OC)c(CC(=O)N2CCc3nc(C4CCN(C)C4)ncc3C2)c1. The first-order valence-electron chi connectivity index (χ1n) is 10.1. The van der Waals surface area contributed by atoms with Crippen LogP contribution in [0.2, 0.25) is 0 Å². The second kappa shape index (κ2) is 8.37. The van der Waals surface area contributed by atoms with Gasteiger partial charge in [0.05, 0.1) is 26.3 Å². The van der Waals surface area contributed by atoms with Crippen LogP contribution in [0.1, 0.15) is 35.0 Å². The molecule has 29 heavy (non-hydrogen) atoms. The van der Waals surface area contributed by atoms with Gasteiger partial charge in [-0.25, -0.2) is 9.97 Å². The first-order valence-corrected chi connectivity index (χ1v) is 10.1. The molecule has 0 N–H and O–H groups in total. The molecule has 1 saturated heterocycles. The molecule has 1 aromatic heterocycles. The number of rotatable bonds is 5. The van der Waals surface area contributed by atoms with Crippen LogP contribution in [0, 0.1) is 0 Å². The zero-order valence-corrected chi connectivity index (χ0v) is 17.4. The number of likely N-dealkylation sites (tertiary alicyclic amines) is 1. The highest BCUT2D eigenvalue weighted by Gasteiger charge is 2.27. The van der Waals surface area contributed by atoms with Crippen LogP contribution in [0.3, 0.4) is 0 Å². The predicted molar refractivity (Wildman–Crippen MR) is 109 cm³/mol. The molecule has 7 nitrogen and oxygen atoms in total. The van der Waals surface area contributed by atoms with E-state index in [2.05, 4.69) is 16.9 Å². The number of nitrogens with zero attached hydrogens (tertiary/aromatic N) is 4. The third-order valence-electron chi connectivity index (χ3n) is 5.89. The summed E-state index contributed by atoms with van der Waals surface area (Å²) in [5, 5.41) is 0. The molecule has 3 heterocycles. The minimum Gasteiger partial charge on any atom is -0.497 e. The molecule has 4 rings (SSSR count). The van der Waals surface area contributed by atoms with E-state index >= 15 is 0 Å². The van der Waals surface area contributed by atoms with Crippen LogP contribution in [-0.4, -0.2) is 66.6 Å². The van der Waals surface area contributed by atoms with E-state index in [1.807, 2.05) is 29.3 Å². The molecule has 1 atom stereocenters. The van der Waals surface area contributed by atoms with E-state index in [0.29, 0.717) is 24.8 Å². The zero-order chi connectivity index (χ0) is 20.4. The third kappa shape index (κ3) is 4.19. The summed E-state index contributed by atoms with van der Waals surface area (Å²) in [6, 6.07) is 5.53. The summed E-state index contributed by atoms with van der Waals surface area (Å²) in [6.45, 7) is 3.36. The van der Waals surface area contributed by atoms with Gasteiger partial charge in [0, 0.05) is 49.3 Å². The monoisotopic (exact) mass is 396 g/mol. The molecule has 0 saturated carbocycles. The Morgan fingerprint density at radius 2 is 2.10 bits per heavy atom. The molecule has 7 heteroatoms. The van der Waals surface area contributed by atoms with Gasteiger partial charge in [0.2, 0.25) is 5.91 Å². The van der Waals surface area contributed by atoms with Gasteiger partial charge < -0.3 is 19.3 Å². The molecule has 1 unspecified atom stereocenters. The zero-order valence-electron chi connectivity index (χ0n) is 17.4. The number of benzene rings is 1. The number of amides is 1. The van der Waals surface area contributed by atoms with Gasteiger partial charge in [-0.1, -0.05) is 0 Å². The number of aromatic nitrogens is 2. The number of ether oxygens (including phenoxy) is 2. The smallest absolute Gasteiger partial charge is 0.227 e. The molecule has 2 aliphatic heterocycles. The van der Waals surface area contributed by atoms with Gasteiger partial charge >= 0.3 is 0 Å². The van der Waals surface area contributed by atoms with E-state index in [0.717, 1.165) is 54.3 Å². The van der Waals surface area contributed by atoms with E-state index in [4.69, 9.17) is 14.5 Å². The van der Waals surface area contributed by atoms with Crippen molar-refractivity contribution in [3.05, 3.63) is 47.0 Å². The highest BCUT2D eigenvalue weighted by molar-refractivity contribution is 5.80. The Kier molecular flexibility index (Phi) is 5.67. The molecule has 1 amide bonds. The Labute approximate surface area is 171 Å². The lowest BCUT2D eigenvalue weighted by atomic mass is 10.0. The Morgan fingerprint density at radius 1 is 1.24 bits per heavy atom. The van der Waals surface area contributed by atoms with Crippen molar-refractivity contribution in [2.24, 2.45) is 0 Å². The molecule has 2 aliphatic rings. The van der Waals surface area contributed by atoms with Gasteiger partial charge in [-0.15, -0.1) is 0 Å². The quantitative estimate of drug-likeness (QED) is 0.771. The summed E-state index contributed by atoms with van der Waals surface area (Å²) >= 11 is 0. The van der Waals surface area contributed by atoms with Crippen LogP contribution in [0.5, 0.6) is 11.5 Å². The van der Waals surface area contributed by atoms with Gasteiger partial charge in [-0.2, -0.15) is 0 Å². The molecule has 1 aromatic carbocycles. The number of methoxy groups -OCH3 is 2. The maximum Gasteiger partial charge on any atom is 0.227 e. The first kappa shape index (κ1) is 19.6. The molecular formula is C22H28N4O3. The lowest BCUT2D eigenvalue weighted by Gasteiger charge is -2.29. The maximum atomic E-state index is 12.9. The van der Waals surface area contributed by atoms with Gasteiger partial charge in [-0.05, 0) is 38.2 Å². The fourth-order valence-corrected chi connectivity index (χ4v) is 4.18. The minimum atomic E-state index is 0.0729. The molecule has 2 aromatic rings. The Balaban J connectivity index is 1.45. The lowest BCUT2D eigenvalue weighted by Crippen LogP contribution is -2.37. The average molecular weight is 396 g/mol. The van der Waals surface area contributed by atoms with Gasteiger partial charge in [0.1, 0.15) is 17.3 Å². The number of carbonyl (C=O) groups is 1. The van der Waals surface area contributed by atoms with E-state index in [1.54, 1.807) is 14.2 Å². The van der Waals surface area contributed by atoms with Crippen molar-refractivity contribution in [1.29, 1.82) is 0 Å². The van der Waals surface area contributed by atoms with E-state index in [1.165, 1.54) is 0 Å². The number of hydrogen-bond acceptors (Lipinski definition) is 6. The summed E-state index contributed by atoms with van der Waals surface area (Å²) < 4.78 is 10.7. The fourth-order valence-electron chi connectivity index (χ4n) is 4.18. The summed E-state index contributed by atoms with van der Waals surface area (Å²) in [7, 11) is 5.37. The van der Waals surface area contributed by atoms with Crippen LogP contribution < -0.4 is 9.47 Å². The van der Waals surface area contributed by atoms with Crippen molar-refractivity contribution in [3.63, 3.8) is 0 Å². The summed E-state index contributed by atoms with van der Waals surface area (Å²) in [5.41, 5.74) is 2.98. The van der Waals surface area contributed by atoms with Crippen LogP contribution in [-0.2, 0) is 24.2 Å². The van der Waals surface area contributed by atoms with Gasteiger partial charge in [0.15, 0.2) is 0 Å². The highest BCUT2D eigenvalue weighted by atomic mass is 16.5. The molecule has 0 bridgehead atoms. The van der Waals surface area contributed by atoms with Gasteiger partial charge in [0.25, 0.3) is 0 Å². The Hall–Kier alpha value is -2.67. The topological polar surface area (TPSA) is 67.8 Å². The van der Waals surface area contributed by atoms with Crippen molar-refractivity contribution in [1.82, 2.24) is 19.8 Å². The molecule has 0 radical (unpaired) electrons. The number of hydrogen-bond donors (Lipinski definition) is 0. The fraction of sp³-hybridized carbons (Fsp3) is 0.500. The van der Waals surface area contributed by atoms with Gasteiger partial charge in [-0.3, -0.25) is 4.79 Å². The molecule has 0 spiro atoms. The predicted octanol–water partition coefficient (Wildman–Crippen LogP) is 2.04. The average Bonchev–Trinajstić information content (AvgIpc) is 3.19. The minimum absolute atomic E-state index is 0.0729. The van der Waals surface area contributed by atoms with Crippen LogP contribution >= 0.6 is 0 Å². The van der Waals surface area contributed by atoms with E-state index in [9.17, 15) is 4.79 Å². The number of fused-ring (bicyclic) bond motifs is 1. The standard InChI is InChI=1S/C22H28N4O3/c1-25-8-6-15(13-25)22-23-12-17-14-26(9-7-19(17)24-22)21(27)11-16-10-18(28-2)4-5-20(16)29-3/h4-5,10,12,15H,6-9,11,13-14H2,1-3H3. The van der Waals surface area contributed by atoms with Crippen molar-refractivity contribution in [2.45, 2.75) is 31.7 Å². The normalized spacial score (nSPS) is 19.1. The lowest BCUT2D eigenvalue weighted by molar-refractivity contribution is -0.131. The second-order valence-corrected chi connectivity index (χ2v) is 7.87. The summed E-state index contributed by atoms with van der Waals surface area (Å²) in [5.74, 6) is 2.87. The molecular weight excluding hydrogens is 368 g/mol.